The Labute approximate surface area is 130 Å². The standard InChI is InChI=1S/C14H11FN2S2.ClH/c1-8-13(17-6-5-16-14(17)19-8)9-7-18-11-4-2-3-10(15)12(9)11;/h2-4,7H,5-6H2,1H3;1H. The number of thiophene rings is 1. The van der Waals surface area contributed by atoms with E-state index in [-0.39, 0.29) is 18.2 Å². The Balaban J connectivity index is 0.00000121. The molecule has 0 unspecified atom stereocenters. The summed E-state index contributed by atoms with van der Waals surface area (Å²) in [6.07, 6.45) is 0. The summed E-state index contributed by atoms with van der Waals surface area (Å²) >= 11 is 3.30. The van der Waals surface area contributed by atoms with Crippen molar-refractivity contribution in [1.82, 2.24) is 4.90 Å². The molecule has 104 valence electrons. The van der Waals surface area contributed by atoms with E-state index in [0.29, 0.717) is 0 Å². The average molecular weight is 327 g/mol. The first kappa shape index (κ1) is 13.9. The van der Waals surface area contributed by atoms with Crippen LogP contribution >= 0.6 is 35.5 Å². The molecule has 0 fully saturated rings. The van der Waals surface area contributed by atoms with E-state index >= 15 is 0 Å². The first-order chi connectivity index (χ1) is 9.25. The summed E-state index contributed by atoms with van der Waals surface area (Å²) in [6.45, 7) is 3.83. The fraction of sp³-hybridized carbons (Fsp3) is 0.214. The highest BCUT2D eigenvalue weighted by molar-refractivity contribution is 8.17. The van der Waals surface area contributed by atoms with Crippen molar-refractivity contribution in [1.29, 1.82) is 0 Å². The van der Waals surface area contributed by atoms with Crippen molar-refractivity contribution in [3.63, 3.8) is 0 Å². The largest absolute Gasteiger partial charge is 0.318 e. The first-order valence-electron chi connectivity index (χ1n) is 6.12. The summed E-state index contributed by atoms with van der Waals surface area (Å²) in [4.78, 5) is 7.91. The molecule has 2 nitrogen and oxygen atoms in total. The minimum Gasteiger partial charge on any atom is -0.318 e. The van der Waals surface area contributed by atoms with Crippen molar-refractivity contribution in [2.24, 2.45) is 4.99 Å². The lowest BCUT2D eigenvalue weighted by Gasteiger charge is -2.16. The van der Waals surface area contributed by atoms with Gasteiger partial charge in [0.05, 0.1) is 12.2 Å². The number of fused-ring (bicyclic) bond motifs is 2. The second-order valence-corrected chi connectivity index (χ2v) is 6.68. The molecule has 0 amide bonds. The van der Waals surface area contributed by atoms with Crippen LogP contribution in [0.1, 0.15) is 12.5 Å². The molecule has 0 N–H and O–H groups in total. The summed E-state index contributed by atoms with van der Waals surface area (Å²) in [7, 11) is 0. The van der Waals surface area contributed by atoms with E-state index in [4.69, 9.17) is 0 Å². The minimum absolute atomic E-state index is 0. The van der Waals surface area contributed by atoms with Gasteiger partial charge in [-0.25, -0.2) is 4.39 Å². The molecule has 6 heteroatoms. The number of thioether (sulfide) groups is 1. The molecule has 2 aromatic rings. The van der Waals surface area contributed by atoms with E-state index < -0.39 is 0 Å². The topological polar surface area (TPSA) is 15.6 Å². The van der Waals surface area contributed by atoms with Gasteiger partial charge in [-0.3, -0.25) is 4.99 Å². The molecule has 0 saturated heterocycles. The number of amidine groups is 1. The smallest absolute Gasteiger partial charge is 0.168 e. The number of hydrogen-bond acceptors (Lipinski definition) is 4. The zero-order chi connectivity index (χ0) is 13.0. The highest BCUT2D eigenvalue weighted by Gasteiger charge is 2.32. The van der Waals surface area contributed by atoms with E-state index in [2.05, 4.69) is 22.2 Å². The fourth-order valence-corrected chi connectivity index (χ4v) is 4.65. The van der Waals surface area contributed by atoms with Gasteiger partial charge in [-0.15, -0.1) is 23.7 Å². The predicted molar refractivity (Wildman–Crippen MR) is 88.2 cm³/mol. The van der Waals surface area contributed by atoms with Crippen molar-refractivity contribution < 1.29 is 4.39 Å². The molecule has 1 aromatic carbocycles. The molecule has 0 saturated carbocycles. The number of nitrogens with zero attached hydrogens (tertiary/aromatic N) is 2. The Bertz CT molecular complexity index is 751. The number of allylic oxidation sites excluding steroid dienone is 1. The van der Waals surface area contributed by atoms with E-state index in [1.165, 1.54) is 11.0 Å². The quantitative estimate of drug-likeness (QED) is 0.763. The lowest BCUT2D eigenvalue weighted by Crippen LogP contribution is -2.19. The SMILES string of the molecule is CC1=C(c2csc3cccc(F)c23)N2CCN=C2S1.Cl. The second kappa shape index (κ2) is 5.06. The van der Waals surface area contributed by atoms with Crippen molar-refractivity contribution in [3.05, 3.63) is 39.9 Å². The lowest BCUT2D eigenvalue weighted by molar-refractivity contribution is 0.635. The molecule has 2 aliphatic rings. The van der Waals surface area contributed by atoms with Crippen LogP contribution in [0.15, 0.2) is 33.5 Å². The maximum atomic E-state index is 14.1. The molecule has 0 aliphatic carbocycles. The molecule has 0 atom stereocenters. The summed E-state index contributed by atoms with van der Waals surface area (Å²) in [5.41, 5.74) is 2.15. The van der Waals surface area contributed by atoms with Crippen LogP contribution in [0, 0.1) is 5.82 Å². The fourth-order valence-electron chi connectivity index (χ4n) is 2.65. The zero-order valence-electron chi connectivity index (χ0n) is 10.7. The van der Waals surface area contributed by atoms with Crippen LogP contribution in [0.2, 0.25) is 0 Å². The van der Waals surface area contributed by atoms with Crippen LogP contribution in [0.3, 0.4) is 0 Å². The van der Waals surface area contributed by atoms with Crippen molar-refractivity contribution in [2.45, 2.75) is 6.92 Å². The van der Waals surface area contributed by atoms with Gasteiger partial charge in [0.1, 0.15) is 5.82 Å². The average Bonchev–Trinajstić information content (AvgIpc) is 3.03. The molecule has 2 aliphatic heterocycles. The Kier molecular flexibility index (Phi) is 3.52. The predicted octanol–water partition coefficient (Wildman–Crippen LogP) is 4.57. The number of hydrogen-bond donors (Lipinski definition) is 0. The zero-order valence-corrected chi connectivity index (χ0v) is 13.2. The Morgan fingerprint density at radius 1 is 1.35 bits per heavy atom. The Morgan fingerprint density at radius 3 is 3.05 bits per heavy atom. The van der Waals surface area contributed by atoms with E-state index in [1.54, 1.807) is 29.2 Å². The van der Waals surface area contributed by atoms with Crippen LogP contribution in [0.25, 0.3) is 15.8 Å². The van der Waals surface area contributed by atoms with Gasteiger partial charge < -0.3 is 4.90 Å². The Hall–Kier alpha value is -1.04. The van der Waals surface area contributed by atoms with E-state index in [9.17, 15) is 4.39 Å². The monoisotopic (exact) mass is 326 g/mol. The molecule has 20 heavy (non-hydrogen) atoms. The maximum Gasteiger partial charge on any atom is 0.168 e. The Morgan fingerprint density at radius 2 is 2.20 bits per heavy atom. The summed E-state index contributed by atoms with van der Waals surface area (Å²) in [5, 5.41) is 3.87. The van der Waals surface area contributed by atoms with Crippen molar-refractivity contribution in [3.8, 4) is 0 Å². The number of benzene rings is 1. The van der Waals surface area contributed by atoms with Crippen LogP contribution in [0.4, 0.5) is 4.39 Å². The number of rotatable bonds is 1. The van der Waals surface area contributed by atoms with Gasteiger partial charge >= 0.3 is 0 Å². The van der Waals surface area contributed by atoms with Crippen LogP contribution in [-0.2, 0) is 0 Å². The molecule has 0 bridgehead atoms. The van der Waals surface area contributed by atoms with Crippen molar-refractivity contribution in [2.75, 3.05) is 13.1 Å². The summed E-state index contributed by atoms with van der Waals surface area (Å²) in [6, 6.07) is 5.28. The summed E-state index contributed by atoms with van der Waals surface area (Å²) in [5.74, 6) is -0.136. The molecular weight excluding hydrogens is 315 g/mol. The summed E-state index contributed by atoms with van der Waals surface area (Å²) < 4.78 is 15.1. The van der Waals surface area contributed by atoms with Crippen molar-refractivity contribution >= 4 is 56.5 Å². The minimum atomic E-state index is -0.136. The second-order valence-electron chi connectivity index (χ2n) is 4.59. The van der Waals surface area contributed by atoms with Gasteiger partial charge in [0.2, 0.25) is 0 Å². The van der Waals surface area contributed by atoms with E-state index in [0.717, 1.165) is 39.6 Å². The third kappa shape index (κ3) is 1.88. The molecular formula is C14H12ClFN2S2. The van der Waals surface area contributed by atoms with Gasteiger partial charge in [-0.1, -0.05) is 17.8 Å². The maximum absolute atomic E-state index is 14.1. The van der Waals surface area contributed by atoms with Crippen LogP contribution in [0.5, 0.6) is 0 Å². The first-order valence-corrected chi connectivity index (χ1v) is 7.82. The highest BCUT2D eigenvalue weighted by atomic mass is 35.5. The molecule has 4 rings (SSSR count). The van der Waals surface area contributed by atoms with Gasteiger partial charge in [0.15, 0.2) is 5.17 Å². The molecule has 1 aromatic heterocycles. The third-order valence-corrected chi connectivity index (χ3v) is 5.43. The molecule has 0 spiro atoms. The molecule has 3 heterocycles. The third-order valence-electron chi connectivity index (χ3n) is 3.45. The van der Waals surface area contributed by atoms with E-state index in [1.807, 2.05) is 6.07 Å². The number of aliphatic imine (C=N–C) groups is 1. The normalized spacial score (nSPS) is 17.5. The van der Waals surface area contributed by atoms with Gasteiger partial charge in [0, 0.05) is 32.5 Å². The lowest BCUT2D eigenvalue weighted by atomic mass is 10.1. The number of halogens is 2. The van der Waals surface area contributed by atoms with Gasteiger partial charge in [0.25, 0.3) is 0 Å². The van der Waals surface area contributed by atoms with Crippen LogP contribution < -0.4 is 0 Å². The van der Waals surface area contributed by atoms with Crippen LogP contribution in [-0.4, -0.2) is 23.2 Å². The van der Waals surface area contributed by atoms with Gasteiger partial charge in [-0.05, 0) is 19.1 Å². The highest BCUT2D eigenvalue weighted by Crippen LogP contribution is 2.44. The van der Waals surface area contributed by atoms with Gasteiger partial charge in [-0.2, -0.15) is 0 Å². The molecule has 0 radical (unpaired) electrons.